The Morgan fingerprint density at radius 2 is 1.82 bits per heavy atom. The number of nitrogens with zero attached hydrogens (tertiary/aromatic N) is 1. The fraction of sp³-hybridized carbons (Fsp3) is 0.364. The first-order valence-corrected chi connectivity index (χ1v) is 9.71. The third kappa shape index (κ3) is 5.99. The van der Waals surface area contributed by atoms with Crippen LogP contribution in [-0.4, -0.2) is 35.9 Å². The number of halogens is 1. The van der Waals surface area contributed by atoms with E-state index in [9.17, 15) is 9.59 Å². The number of nitrogens with one attached hydrogen (secondary N) is 1. The summed E-state index contributed by atoms with van der Waals surface area (Å²) in [5.41, 5.74) is 2.99. The number of rotatable bonds is 8. The van der Waals surface area contributed by atoms with Gasteiger partial charge in [-0.3, -0.25) is 9.59 Å². The highest BCUT2D eigenvalue weighted by Crippen LogP contribution is 2.19. The van der Waals surface area contributed by atoms with E-state index in [0.29, 0.717) is 23.9 Å². The number of hydrogen-bond acceptors (Lipinski definition) is 3. The van der Waals surface area contributed by atoms with Crippen LogP contribution in [0.1, 0.15) is 30.5 Å². The van der Waals surface area contributed by atoms with Crippen molar-refractivity contribution in [3.05, 3.63) is 64.2 Å². The first kappa shape index (κ1) is 21.8. The number of aryl methyl sites for hydroxylation is 2. The van der Waals surface area contributed by atoms with Gasteiger partial charge < -0.3 is 15.0 Å². The monoisotopic (exact) mass is 402 g/mol. The third-order valence-corrected chi connectivity index (χ3v) is 4.72. The topological polar surface area (TPSA) is 58.6 Å². The molecular formula is C22H27ClN2O3. The van der Waals surface area contributed by atoms with Crippen molar-refractivity contribution in [1.82, 2.24) is 10.2 Å². The molecule has 0 aromatic heterocycles. The smallest absolute Gasteiger partial charge is 0.261 e. The Morgan fingerprint density at radius 3 is 2.43 bits per heavy atom. The van der Waals surface area contributed by atoms with Gasteiger partial charge >= 0.3 is 0 Å². The molecule has 6 heteroatoms. The number of amides is 2. The average molecular weight is 403 g/mol. The standard InChI is InChI=1S/C22H27ClN2O3/c1-5-24-22(27)17(4)25(13-18-7-9-19(23)10-8-18)21(26)14-28-20-11-6-15(2)12-16(20)3/h6-12,17H,5,13-14H2,1-4H3,(H,24,27)/t17-/m0/s1. The molecule has 2 amide bonds. The second kappa shape index (κ2) is 10.1. The van der Waals surface area contributed by atoms with Gasteiger partial charge in [0.25, 0.3) is 5.91 Å². The largest absolute Gasteiger partial charge is 0.483 e. The fourth-order valence-electron chi connectivity index (χ4n) is 2.87. The van der Waals surface area contributed by atoms with Crippen LogP contribution in [0.4, 0.5) is 0 Å². The molecule has 2 aromatic rings. The molecule has 1 N–H and O–H groups in total. The zero-order valence-corrected chi connectivity index (χ0v) is 17.5. The van der Waals surface area contributed by atoms with Gasteiger partial charge in [-0.25, -0.2) is 0 Å². The Labute approximate surface area is 171 Å². The van der Waals surface area contributed by atoms with E-state index in [4.69, 9.17) is 16.3 Å². The number of carbonyl (C=O) groups excluding carboxylic acids is 2. The van der Waals surface area contributed by atoms with Gasteiger partial charge in [0.2, 0.25) is 5.91 Å². The summed E-state index contributed by atoms with van der Waals surface area (Å²) in [5, 5.41) is 3.39. The molecule has 28 heavy (non-hydrogen) atoms. The maximum atomic E-state index is 12.9. The first-order chi connectivity index (χ1) is 13.3. The highest BCUT2D eigenvalue weighted by Gasteiger charge is 2.26. The summed E-state index contributed by atoms with van der Waals surface area (Å²) in [6.45, 7) is 8.17. The van der Waals surface area contributed by atoms with E-state index in [-0.39, 0.29) is 18.4 Å². The predicted octanol–water partition coefficient (Wildman–Crippen LogP) is 3.89. The molecule has 0 aliphatic heterocycles. The molecule has 0 aliphatic rings. The lowest BCUT2D eigenvalue weighted by molar-refractivity contribution is -0.142. The van der Waals surface area contributed by atoms with E-state index < -0.39 is 6.04 Å². The Bertz CT molecular complexity index is 821. The van der Waals surface area contributed by atoms with Crippen molar-refractivity contribution in [2.45, 2.75) is 40.3 Å². The van der Waals surface area contributed by atoms with Gasteiger partial charge in [-0.1, -0.05) is 41.4 Å². The molecular weight excluding hydrogens is 376 g/mol. The molecule has 5 nitrogen and oxygen atoms in total. The molecule has 0 bridgehead atoms. The van der Waals surface area contributed by atoms with Crippen LogP contribution >= 0.6 is 11.6 Å². The maximum Gasteiger partial charge on any atom is 0.261 e. The quantitative estimate of drug-likeness (QED) is 0.728. The van der Waals surface area contributed by atoms with Crippen molar-refractivity contribution in [2.24, 2.45) is 0 Å². The summed E-state index contributed by atoms with van der Waals surface area (Å²) in [5.74, 6) is 0.209. The van der Waals surface area contributed by atoms with Gasteiger partial charge in [0, 0.05) is 18.1 Å². The summed E-state index contributed by atoms with van der Waals surface area (Å²) in [7, 11) is 0. The van der Waals surface area contributed by atoms with Crippen molar-refractivity contribution in [2.75, 3.05) is 13.2 Å². The molecule has 2 aromatic carbocycles. The summed E-state index contributed by atoms with van der Waals surface area (Å²) >= 11 is 5.94. The first-order valence-electron chi connectivity index (χ1n) is 9.33. The van der Waals surface area contributed by atoms with Crippen LogP contribution in [0.15, 0.2) is 42.5 Å². The van der Waals surface area contributed by atoms with E-state index >= 15 is 0 Å². The van der Waals surface area contributed by atoms with E-state index in [1.54, 1.807) is 19.1 Å². The Balaban J connectivity index is 2.15. The summed E-state index contributed by atoms with van der Waals surface area (Å²) < 4.78 is 5.74. The zero-order chi connectivity index (χ0) is 20.7. The van der Waals surface area contributed by atoms with Crippen LogP contribution in [0.5, 0.6) is 5.75 Å². The maximum absolute atomic E-state index is 12.9. The molecule has 0 saturated heterocycles. The van der Waals surface area contributed by atoms with Crippen molar-refractivity contribution < 1.29 is 14.3 Å². The minimum Gasteiger partial charge on any atom is -0.483 e. The Hall–Kier alpha value is -2.53. The highest BCUT2D eigenvalue weighted by molar-refractivity contribution is 6.30. The van der Waals surface area contributed by atoms with Gasteiger partial charge in [0.15, 0.2) is 6.61 Å². The number of benzene rings is 2. The van der Waals surface area contributed by atoms with Crippen LogP contribution < -0.4 is 10.1 Å². The van der Waals surface area contributed by atoms with Gasteiger partial charge in [-0.2, -0.15) is 0 Å². The van der Waals surface area contributed by atoms with E-state index in [1.807, 2.05) is 51.1 Å². The lowest BCUT2D eigenvalue weighted by atomic mass is 10.1. The number of likely N-dealkylation sites (N-methyl/N-ethyl adjacent to an activating group) is 1. The second-order valence-corrected chi connectivity index (χ2v) is 7.21. The van der Waals surface area contributed by atoms with Gasteiger partial charge in [-0.15, -0.1) is 0 Å². The van der Waals surface area contributed by atoms with Gasteiger partial charge in [0.1, 0.15) is 11.8 Å². The lowest BCUT2D eigenvalue weighted by Gasteiger charge is -2.28. The number of carbonyl (C=O) groups is 2. The van der Waals surface area contributed by atoms with Crippen molar-refractivity contribution in [3.8, 4) is 5.75 Å². The average Bonchev–Trinajstić information content (AvgIpc) is 2.66. The summed E-state index contributed by atoms with van der Waals surface area (Å²) in [6.07, 6.45) is 0. The van der Waals surface area contributed by atoms with Crippen molar-refractivity contribution in [3.63, 3.8) is 0 Å². The second-order valence-electron chi connectivity index (χ2n) is 6.78. The molecule has 0 unspecified atom stereocenters. The lowest BCUT2D eigenvalue weighted by Crippen LogP contribution is -2.49. The Kier molecular flexibility index (Phi) is 7.88. The predicted molar refractivity (Wildman–Crippen MR) is 112 cm³/mol. The van der Waals surface area contributed by atoms with Crippen molar-refractivity contribution in [1.29, 1.82) is 0 Å². The molecule has 0 fully saturated rings. The van der Waals surface area contributed by atoms with Crippen LogP contribution in [0.3, 0.4) is 0 Å². The SMILES string of the molecule is CCNC(=O)[C@H](C)N(Cc1ccc(Cl)cc1)C(=O)COc1ccc(C)cc1C. The minimum absolute atomic E-state index is 0.138. The van der Waals surface area contributed by atoms with E-state index in [0.717, 1.165) is 16.7 Å². The van der Waals surface area contributed by atoms with Crippen LogP contribution in [0.2, 0.25) is 5.02 Å². The van der Waals surface area contributed by atoms with Crippen molar-refractivity contribution >= 4 is 23.4 Å². The fourth-order valence-corrected chi connectivity index (χ4v) is 3.00. The number of ether oxygens (including phenoxy) is 1. The van der Waals surface area contributed by atoms with Gasteiger partial charge in [-0.05, 0) is 57.0 Å². The molecule has 1 atom stereocenters. The summed E-state index contributed by atoms with van der Waals surface area (Å²) in [6, 6.07) is 12.4. The van der Waals surface area contributed by atoms with Gasteiger partial charge in [0.05, 0.1) is 0 Å². The molecule has 150 valence electrons. The third-order valence-electron chi connectivity index (χ3n) is 4.47. The molecule has 2 rings (SSSR count). The highest BCUT2D eigenvalue weighted by atomic mass is 35.5. The molecule has 0 radical (unpaired) electrons. The molecule has 0 spiro atoms. The molecule has 0 heterocycles. The van der Waals surface area contributed by atoms with E-state index in [2.05, 4.69) is 5.32 Å². The molecule has 0 aliphatic carbocycles. The minimum atomic E-state index is -0.620. The van der Waals surface area contributed by atoms with E-state index in [1.165, 1.54) is 4.90 Å². The molecule has 0 saturated carbocycles. The van der Waals surface area contributed by atoms with Crippen LogP contribution in [-0.2, 0) is 16.1 Å². The van der Waals surface area contributed by atoms with Crippen LogP contribution in [0.25, 0.3) is 0 Å². The number of hydrogen-bond donors (Lipinski definition) is 1. The zero-order valence-electron chi connectivity index (χ0n) is 16.8. The Morgan fingerprint density at radius 1 is 1.14 bits per heavy atom. The summed E-state index contributed by atoms with van der Waals surface area (Å²) in [4.78, 5) is 26.8. The normalized spacial score (nSPS) is 11.6. The van der Waals surface area contributed by atoms with Crippen LogP contribution in [0, 0.1) is 13.8 Å².